The first-order valence-corrected chi connectivity index (χ1v) is 5.33. The van der Waals surface area contributed by atoms with Crippen LogP contribution in [0.5, 0.6) is 0 Å². The Kier molecular flexibility index (Phi) is 5.81. The van der Waals surface area contributed by atoms with E-state index in [1.54, 1.807) is 0 Å². The molecule has 0 atom stereocenters. The molecule has 20 heavy (non-hydrogen) atoms. The second kappa shape index (κ2) is 7.13. The normalized spacial score (nSPS) is 9.80. The summed E-state index contributed by atoms with van der Waals surface area (Å²) in [4.78, 5) is 24.3. The van der Waals surface area contributed by atoms with Gasteiger partial charge in [0.1, 0.15) is 0 Å². The molecule has 98 valence electrons. The van der Waals surface area contributed by atoms with Crippen molar-refractivity contribution in [2.45, 2.75) is 12.8 Å². The van der Waals surface area contributed by atoms with Crippen LogP contribution in [0.1, 0.15) is 12.3 Å². The first kappa shape index (κ1) is 16.3. The van der Waals surface area contributed by atoms with Gasteiger partial charge in [-0.15, -0.1) is 0 Å². The Hall–Kier alpha value is -1.77. The number of nitrogens with zero attached hydrogens (tertiary/aromatic N) is 3. The largest absolute Gasteiger partial charge is 1.00 e. The molecule has 0 saturated carbocycles. The number of aryl methyl sites for hydroxylation is 1. The molecule has 0 amide bonds. The van der Waals surface area contributed by atoms with Gasteiger partial charge in [-0.05, 0) is 18.6 Å². The quantitative estimate of drug-likeness (QED) is 0.333. The zero-order valence-corrected chi connectivity index (χ0v) is 12.6. The van der Waals surface area contributed by atoms with Crippen LogP contribution in [0, 0.1) is 10.1 Å². The minimum absolute atomic E-state index is 0. The Labute approximate surface area is 135 Å². The van der Waals surface area contributed by atoms with E-state index in [9.17, 15) is 20.0 Å². The van der Waals surface area contributed by atoms with Gasteiger partial charge in [0.2, 0.25) is 11.7 Å². The van der Waals surface area contributed by atoms with Crippen LogP contribution in [0.3, 0.4) is 0 Å². The first-order valence-electron chi connectivity index (χ1n) is 5.33. The van der Waals surface area contributed by atoms with Gasteiger partial charge in [0, 0.05) is 30.1 Å². The Morgan fingerprint density at radius 1 is 1.30 bits per heavy atom. The van der Waals surface area contributed by atoms with Crippen LogP contribution in [-0.4, -0.2) is 21.0 Å². The van der Waals surface area contributed by atoms with Crippen molar-refractivity contribution in [1.29, 1.82) is 0 Å². The molecule has 0 unspecified atom stereocenters. The molecular formula is C11H8N3NaO5. The van der Waals surface area contributed by atoms with Crippen molar-refractivity contribution in [3.63, 3.8) is 0 Å². The van der Waals surface area contributed by atoms with Crippen molar-refractivity contribution in [3.05, 3.63) is 40.3 Å². The molecule has 1 aromatic carbocycles. The van der Waals surface area contributed by atoms with E-state index in [2.05, 4.69) is 10.1 Å². The molecule has 0 radical (unpaired) electrons. The summed E-state index contributed by atoms with van der Waals surface area (Å²) >= 11 is 0. The van der Waals surface area contributed by atoms with Crippen LogP contribution in [-0.2, 0) is 11.2 Å². The number of rotatable bonds is 5. The van der Waals surface area contributed by atoms with E-state index in [0.717, 1.165) is 0 Å². The fraction of sp³-hybridized carbons (Fsp3) is 0.182. The van der Waals surface area contributed by atoms with Crippen molar-refractivity contribution in [3.8, 4) is 11.4 Å². The summed E-state index contributed by atoms with van der Waals surface area (Å²) in [7, 11) is 0. The Morgan fingerprint density at radius 3 is 2.50 bits per heavy atom. The van der Waals surface area contributed by atoms with E-state index in [1.165, 1.54) is 24.3 Å². The monoisotopic (exact) mass is 285 g/mol. The summed E-state index contributed by atoms with van der Waals surface area (Å²) in [5.41, 5.74) is 0.512. The minimum atomic E-state index is -1.20. The maximum atomic E-state index is 10.5. The third kappa shape index (κ3) is 4.12. The number of aromatic nitrogens is 2. The summed E-state index contributed by atoms with van der Waals surface area (Å²) in [6.45, 7) is 0. The second-order valence-electron chi connectivity index (χ2n) is 3.69. The molecule has 0 N–H and O–H groups in total. The number of carboxylic acid groups (broad SMARTS) is 1. The number of benzene rings is 1. The molecule has 1 aromatic heterocycles. The predicted octanol–water partition coefficient (Wildman–Crippen LogP) is -2.67. The predicted molar refractivity (Wildman–Crippen MR) is 59.7 cm³/mol. The Balaban J connectivity index is 0.00000200. The van der Waals surface area contributed by atoms with Crippen molar-refractivity contribution in [1.82, 2.24) is 10.1 Å². The molecule has 0 aliphatic rings. The fourth-order valence-corrected chi connectivity index (χ4v) is 1.41. The summed E-state index contributed by atoms with van der Waals surface area (Å²) in [6, 6.07) is 5.64. The van der Waals surface area contributed by atoms with Gasteiger partial charge in [0.25, 0.3) is 5.69 Å². The number of aliphatic carboxylic acids is 1. The molecule has 8 nitrogen and oxygen atoms in total. The van der Waals surface area contributed by atoms with Crippen LogP contribution >= 0.6 is 0 Å². The maximum absolute atomic E-state index is 10.5. The van der Waals surface area contributed by atoms with Gasteiger partial charge < -0.3 is 14.4 Å². The van der Waals surface area contributed by atoms with Gasteiger partial charge in [-0.3, -0.25) is 10.1 Å². The molecule has 0 aliphatic carbocycles. The second-order valence-corrected chi connectivity index (χ2v) is 3.69. The molecule has 0 saturated heterocycles. The number of hydrogen-bond acceptors (Lipinski definition) is 7. The molecule has 1 heterocycles. The topological polar surface area (TPSA) is 122 Å². The van der Waals surface area contributed by atoms with Gasteiger partial charge in [-0.2, -0.15) is 4.98 Å². The molecule has 2 aromatic rings. The van der Waals surface area contributed by atoms with E-state index in [1.807, 2.05) is 0 Å². The summed E-state index contributed by atoms with van der Waals surface area (Å²) in [5.74, 6) is -0.768. The minimum Gasteiger partial charge on any atom is -0.550 e. The van der Waals surface area contributed by atoms with Gasteiger partial charge in [-0.1, -0.05) is 5.16 Å². The molecule has 2 rings (SSSR count). The molecule has 0 fully saturated rings. The third-order valence-corrected chi connectivity index (χ3v) is 2.35. The Morgan fingerprint density at radius 2 is 1.95 bits per heavy atom. The average Bonchev–Trinajstić information content (AvgIpc) is 2.85. The summed E-state index contributed by atoms with van der Waals surface area (Å²) < 4.78 is 4.86. The molecular weight excluding hydrogens is 277 g/mol. The molecule has 9 heteroatoms. The summed E-state index contributed by atoms with van der Waals surface area (Å²) in [5, 5.41) is 24.5. The smallest absolute Gasteiger partial charge is 0.550 e. The van der Waals surface area contributed by atoms with Gasteiger partial charge >= 0.3 is 29.6 Å². The van der Waals surface area contributed by atoms with Crippen LogP contribution in [0.4, 0.5) is 5.69 Å². The number of carbonyl (C=O) groups excluding carboxylic acids is 1. The fourth-order valence-electron chi connectivity index (χ4n) is 1.41. The number of nitro groups is 1. The number of carbonyl (C=O) groups is 1. The van der Waals surface area contributed by atoms with Crippen LogP contribution in [0.25, 0.3) is 11.4 Å². The van der Waals surface area contributed by atoms with E-state index in [0.29, 0.717) is 5.56 Å². The van der Waals surface area contributed by atoms with Crippen molar-refractivity contribution in [2.24, 2.45) is 0 Å². The van der Waals surface area contributed by atoms with Crippen LogP contribution < -0.4 is 34.7 Å². The number of non-ortho nitro benzene ring substituents is 1. The van der Waals surface area contributed by atoms with Crippen molar-refractivity contribution in [2.75, 3.05) is 0 Å². The van der Waals surface area contributed by atoms with Gasteiger partial charge in [0.05, 0.1) is 4.92 Å². The summed E-state index contributed by atoms with van der Waals surface area (Å²) in [6.07, 6.45) is -0.121. The average molecular weight is 285 g/mol. The molecule has 0 spiro atoms. The van der Waals surface area contributed by atoms with Gasteiger partial charge in [-0.25, -0.2) is 0 Å². The van der Waals surface area contributed by atoms with E-state index in [4.69, 9.17) is 4.52 Å². The van der Waals surface area contributed by atoms with E-state index >= 15 is 0 Å². The SMILES string of the molecule is O=C([O-])CCc1nc(-c2ccc([N+](=O)[O-])cc2)no1.[Na+]. The zero-order chi connectivity index (χ0) is 13.8. The first-order chi connectivity index (χ1) is 9.06. The number of hydrogen-bond donors (Lipinski definition) is 0. The number of carboxylic acids is 1. The van der Waals surface area contributed by atoms with Crippen molar-refractivity contribution >= 4 is 11.7 Å². The Bertz CT molecular complexity index is 611. The maximum Gasteiger partial charge on any atom is 1.00 e. The standard InChI is InChI=1S/C11H9N3O5.Na/c15-10(16)6-5-9-12-11(13-19-9)7-1-3-8(4-2-7)14(17)18;/h1-4H,5-6H2,(H,15,16);/q;+1/p-1. The van der Waals surface area contributed by atoms with Crippen LogP contribution in [0.2, 0.25) is 0 Å². The van der Waals surface area contributed by atoms with E-state index < -0.39 is 10.9 Å². The zero-order valence-electron chi connectivity index (χ0n) is 10.6. The third-order valence-electron chi connectivity index (χ3n) is 2.35. The molecule has 0 aliphatic heterocycles. The number of nitro benzene ring substituents is 1. The molecule has 0 bridgehead atoms. The van der Waals surface area contributed by atoms with Crippen LogP contribution in [0.15, 0.2) is 28.8 Å². The van der Waals surface area contributed by atoms with E-state index in [-0.39, 0.29) is 59.8 Å². The van der Waals surface area contributed by atoms with Crippen molar-refractivity contribution < 1.29 is 48.9 Å². The van der Waals surface area contributed by atoms with Gasteiger partial charge in [0.15, 0.2) is 0 Å².